The molecule has 0 spiro atoms. The van der Waals surface area contributed by atoms with Crippen molar-refractivity contribution in [3.05, 3.63) is 82.9 Å². The van der Waals surface area contributed by atoms with Crippen LogP contribution in [0.5, 0.6) is 0 Å². The summed E-state index contributed by atoms with van der Waals surface area (Å²) in [6.45, 7) is 2.35. The Balaban J connectivity index is 1.07. The number of hydrogen-bond acceptors (Lipinski definition) is 3. The van der Waals surface area contributed by atoms with E-state index in [1.165, 1.54) is 12.8 Å². The quantitative estimate of drug-likeness (QED) is 0.254. The molecule has 3 saturated carbocycles. The lowest BCUT2D eigenvalue weighted by atomic mass is 9.63. The van der Waals surface area contributed by atoms with Crippen molar-refractivity contribution in [1.29, 1.82) is 0 Å². The van der Waals surface area contributed by atoms with Gasteiger partial charge in [-0.3, -0.25) is 9.59 Å². The molecule has 2 unspecified atom stereocenters. The van der Waals surface area contributed by atoms with E-state index in [9.17, 15) is 9.59 Å². The lowest BCUT2D eigenvalue weighted by Crippen LogP contribution is -2.47. The van der Waals surface area contributed by atoms with Crippen LogP contribution in [0, 0.1) is 23.7 Å². The van der Waals surface area contributed by atoms with E-state index >= 15 is 0 Å². The summed E-state index contributed by atoms with van der Waals surface area (Å²) in [5, 5.41) is 6.98. The van der Waals surface area contributed by atoms with E-state index in [4.69, 9.17) is 16.6 Å². The number of carbonyl (C=O) groups is 2. The van der Waals surface area contributed by atoms with Gasteiger partial charge in [0.1, 0.15) is 5.82 Å². The molecule has 6 nitrogen and oxygen atoms in total. The second-order valence-electron chi connectivity index (χ2n) is 12.0. The van der Waals surface area contributed by atoms with Crippen LogP contribution in [0.4, 0.5) is 5.69 Å². The molecule has 1 aromatic heterocycles. The number of carbonyl (C=O) groups excluding carboxylic acids is 2. The fraction of sp³-hybridized carbons (Fsp3) is 0.344. The Morgan fingerprint density at radius 3 is 2.46 bits per heavy atom. The van der Waals surface area contributed by atoms with Gasteiger partial charge in [-0.2, -0.15) is 0 Å². The average Bonchev–Trinajstić information content (AvgIpc) is 3.43. The minimum Gasteiger partial charge on any atom is -0.347 e. The maximum atomic E-state index is 13.4. The first-order chi connectivity index (χ1) is 18.8. The van der Waals surface area contributed by atoms with Crippen molar-refractivity contribution >= 4 is 40.1 Å². The fourth-order valence-electron chi connectivity index (χ4n) is 7.51. The second kappa shape index (κ2) is 9.23. The number of nitrogens with one attached hydrogen (secondary N) is 3. The van der Waals surface area contributed by atoms with Gasteiger partial charge in [0.05, 0.1) is 11.0 Å². The van der Waals surface area contributed by atoms with Crippen LogP contribution in [0.15, 0.2) is 66.7 Å². The summed E-state index contributed by atoms with van der Waals surface area (Å²) in [7, 11) is 0. The molecule has 1 heterocycles. The van der Waals surface area contributed by atoms with E-state index in [0.717, 1.165) is 53.6 Å². The number of anilines is 1. The second-order valence-corrected chi connectivity index (χ2v) is 12.4. The molecule has 3 aromatic carbocycles. The number of imidazole rings is 1. The fourth-order valence-corrected chi connectivity index (χ4v) is 7.63. The third-order valence-corrected chi connectivity index (χ3v) is 9.44. The van der Waals surface area contributed by atoms with Crippen molar-refractivity contribution in [2.75, 3.05) is 5.32 Å². The molecule has 0 saturated heterocycles. The van der Waals surface area contributed by atoms with Gasteiger partial charge in [0.2, 0.25) is 0 Å². The Bertz CT molecular complexity index is 1570. The van der Waals surface area contributed by atoms with Crippen molar-refractivity contribution in [2.45, 2.75) is 44.6 Å². The van der Waals surface area contributed by atoms with E-state index in [1.54, 1.807) is 36.4 Å². The summed E-state index contributed by atoms with van der Waals surface area (Å²) >= 11 is 5.92. The number of aromatic amines is 1. The average molecular weight is 539 g/mol. The predicted molar refractivity (Wildman–Crippen MR) is 154 cm³/mol. The Kier molecular flexibility index (Phi) is 5.78. The van der Waals surface area contributed by atoms with Gasteiger partial charge in [-0.05, 0) is 110 Å². The van der Waals surface area contributed by atoms with Gasteiger partial charge in [0.15, 0.2) is 0 Å². The van der Waals surface area contributed by atoms with E-state index in [1.807, 2.05) is 30.3 Å². The van der Waals surface area contributed by atoms with Crippen molar-refractivity contribution in [3.63, 3.8) is 0 Å². The van der Waals surface area contributed by atoms with E-state index in [0.29, 0.717) is 33.6 Å². The zero-order chi connectivity index (χ0) is 26.7. The molecule has 4 aromatic rings. The largest absolute Gasteiger partial charge is 0.347 e. The summed E-state index contributed by atoms with van der Waals surface area (Å²) in [6.07, 6.45) is 6.03. The van der Waals surface area contributed by atoms with E-state index in [2.05, 4.69) is 22.5 Å². The number of hydrogen-bond donors (Lipinski definition) is 3. The third-order valence-electron chi connectivity index (χ3n) is 9.19. The number of nitrogens with zero attached hydrogens (tertiary/aromatic N) is 1. The molecule has 198 valence electrons. The van der Waals surface area contributed by atoms with Crippen LogP contribution < -0.4 is 10.6 Å². The predicted octanol–water partition coefficient (Wildman–Crippen LogP) is 7.08. The monoisotopic (exact) mass is 538 g/mol. The number of benzene rings is 3. The van der Waals surface area contributed by atoms with Gasteiger partial charge in [0.25, 0.3) is 11.8 Å². The van der Waals surface area contributed by atoms with Crippen LogP contribution in [-0.2, 0) is 0 Å². The van der Waals surface area contributed by atoms with Gasteiger partial charge in [-0.25, -0.2) is 4.98 Å². The van der Waals surface area contributed by atoms with Crippen molar-refractivity contribution in [2.24, 2.45) is 23.7 Å². The van der Waals surface area contributed by atoms with Crippen LogP contribution in [-0.4, -0.2) is 27.3 Å². The molecule has 3 aliphatic rings. The van der Waals surface area contributed by atoms with Gasteiger partial charge in [-0.1, -0.05) is 30.7 Å². The molecule has 2 amide bonds. The number of amides is 2. The molecule has 7 heteroatoms. The van der Waals surface area contributed by atoms with E-state index < -0.39 is 0 Å². The molecule has 39 heavy (non-hydrogen) atoms. The smallest absolute Gasteiger partial charge is 0.255 e. The van der Waals surface area contributed by atoms with Gasteiger partial charge in [-0.15, -0.1) is 0 Å². The summed E-state index contributed by atoms with van der Waals surface area (Å²) < 4.78 is 0. The first-order valence-electron chi connectivity index (χ1n) is 13.8. The SMILES string of the molecule is C[C@@H]1C[C@@H]2C[C@H]3CC(NC(=O)c4ccc5nc(-c6ccc(C(=O)Nc7ccc(Cl)cc7)cc6)[nH]c5c4)(CC23)C1. The van der Waals surface area contributed by atoms with E-state index in [-0.39, 0.29) is 17.4 Å². The number of aromatic nitrogens is 2. The summed E-state index contributed by atoms with van der Waals surface area (Å²) in [4.78, 5) is 34.1. The molecule has 3 aliphatic carbocycles. The maximum Gasteiger partial charge on any atom is 0.255 e. The number of fused-ring (bicyclic) bond motifs is 2. The Morgan fingerprint density at radius 2 is 1.67 bits per heavy atom. The Hall–Kier alpha value is -3.64. The van der Waals surface area contributed by atoms with Crippen LogP contribution in [0.3, 0.4) is 0 Å². The molecule has 2 bridgehead atoms. The highest BCUT2D eigenvalue weighted by Crippen LogP contribution is 2.60. The lowest BCUT2D eigenvalue weighted by Gasteiger charge is -2.42. The highest BCUT2D eigenvalue weighted by Gasteiger charge is 2.57. The van der Waals surface area contributed by atoms with Crippen LogP contribution >= 0.6 is 11.6 Å². The molecule has 0 aliphatic heterocycles. The molecule has 3 N–H and O–H groups in total. The summed E-state index contributed by atoms with van der Waals surface area (Å²) in [5.74, 6) is 3.65. The molecule has 0 radical (unpaired) electrons. The van der Waals surface area contributed by atoms with Crippen LogP contribution in [0.2, 0.25) is 5.02 Å². The van der Waals surface area contributed by atoms with Gasteiger partial charge >= 0.3 is 0 Å². The normalized spacial score (nSPS) is 27.0. The zero-order valence-corrected chi connectivity index (χ0v) is 22.6. The standard InChI is InChI=1S/C32H31ClN4O2/c1-18-12-22-13-23-16-32(15-18,17-26(22)23)37-31(39)21-6-11-27-28(14-21)36-29(35-27)19-2-4-20(5-3-19)30(38)34-25-9-7-24(33)8-10-25/h2-11,14,18,22-23,26H,12-13,15-17H2,1H3,(H,34,38)(H,35,36)(H,37,39)/t18-,22-,23+,26?,32?/m1/s1. The number of H-pyrrole nitrogens is 1. The van der Waals surface area contributed by atoms with Crippen LogP contribution in [0.25, 0.3) is 22.4 Å². The Morgan fingerprint density at radius 1 is 0.897 bits per heavy atom. The molecular formula is C32H31ClN4O2. The maximum absolute atomic E-state index is 13.4. The summed E-state index contributed by atoms with van der Waals surface area (Å²) in [6, 6.07) is 20.0. The lowest BCUT2D eigenvalue weighted by molar-refractivity contribution is 0.0742. The minimum atomic E-state index is -0.197. The number of rotatable bonds is 5. The first-order valence-corrected chi connectivity index (χ1v) is 14.2. The highest BCUT2D eigenvalue weighted by molar-refractivity contribution is 6.30. The summed E-state index contributed by atoms with van der Waals surface area (Å²) in [5.41, 5.74) is 4.32. The molecule has 5 atom stereocenters. The van der Waals surface area contributed by atoms with Gasteiger partial charge < -0.3 is 15.6 Å². The molecule has 3 fully saturated rings. The Labute approximate surface area is 232 Å². The minimum absolute atomic E-state index is 0.0102. The number of halogens is 1. The molecule has 7 rings (SSSR count). The first kappa shape index (κ1) is 24.4. The van der Waals surface area contributed by atoms with Gasteiger partial charge in [0, 0.05) is 32.9 Å². The molecular weight excluding hydrogens is 508 g/mol. The van der Waals surface area contributed by atoms with Crippen LogP contribution in [0.1, 0.15) is 59.7 Å². The topological polar surface area (TPSA) is 86.9 Å². The van der Waals surface area contributed by atoms with Crippen molar-refractivity contribution < 1.29 is 9.59 Å². The zero-order valence-electron chi connectivity index (χ0n) is 21.8. The van der Waals surface area contributed by atoms with Crippen molar-refractivity contribution in [3.8, 4) is 11.4 Å². The highest BCUT2D eigenvalue weighted by atomic mass is 35.5. The third kappa shape index (κ3) is 4.51. The van der Waals surface area contributed by atoms with Crippen molar-refractivity contribution in [1.82, 2.24) is 15.3 Å².